The van der Waals surface area contributed by atoms with E-state index in [9.17, 15) is 23.2 Å². The van der Waals surface area contributed by atoms with Crippen LogP contribution in [0.1, 0.15) is 42.6 Å². The van der Waals surface area contributed by atoms with Crippen molar-refractivity contribution in [2.45, 2.75) is 45.2 Å². The van der Waals surface area contributed by atoms with E-state index in [-0.39, 0.29) is 17.8 Å². The summed E-state index contributed by atoms with van der Waals surface area (Å²) in [5, 5.41) is 6.73. The predicted molar refractivity (Wildman–Crippen MR) is 140 cm³/mol. The number of likely N-dealkylation sites (tertiary alicyclic amines) is 1. The fourth-order valence-electron chi connectivity index (χ4n) is 4.90. The van der Waals surface area contributed by atoms with Gasteiger partial charge in [0.2, 0.25) is 5.91 Å². The molecule has 0 bridgehead atoms. The third-order valence-corrected chi connectivity index (χ3v) is 6.79. The molecule has 2 aromatic heterocycles. The Morgan fingerprint density at radius 2 is 1.97 bits per heavy atom. The first-order valence-corrected chi connectivity index (χ1v) is 12.6. The number of hydrogen-bond acceptors (Lipinski definition) is 6. The number of amides is 4. The van der Waals surface area contributed by atoms with Gasteiger partial charge in [-0.1, -0.05) is 13.3 Å². The number of urea groups is 1. The lowest BCUT2D eigenvalue weighted by Crippen LogP contribution is -2.70. The largest absolute Gasteiger partial charge is 0.384 e. The average Bonchev–Trinajstić information content (AvgIpc) is 3.31. The van der Waals surface area contributed by atoms with E-state index < -0.39 is 47.5 Å². The lowest BCUT2D eigenvalue weighted by atomic mass is 9.81. The second-order valence-electron chi connectivity index (χ2n) is 9.73. The number of nitrogens with zero attached hydrogens (tertiary/aromatic N) is 5. The summed E-state index contributed by atoms with van der Waals surface area (Å²) in [6, 6.07) is 3.48. The summed E-state index contributed by atoms with van der Waals surface area (Å²) < 4.78 is 30.0. The number of anilines is 2. The van der Waals surface area contributed by atoms with E-state index in [0.29, 0.717) is 29.8 Å². The molecule has 0 saturated carbocycles. The van der Waals surface area contributed by atoms with Crippen molar-refractivity contribution < 1.29 is 23.2 Å². The number of pyridine rings is 1. The maximum atomic E-state index is 14.6. The second kappa shape index (κ2) is 11.2. The molecule has 39 heavy (non-hydrogen) atoms. The molecule has 1 aliphatic rings. The van der Waals surface area contributed by atoms with E-state index in [2.05, 4.69) is 15.4 Å². The summed E-state index contributed by atoms with van der Waals surface area (Å²) in [4.78, 5) is 46.8. The van der Waals surface area contributed by atoms with Crippen LogP contribution in [0.4, 0.5) is 25.1 Å². The van der Waals surface area contributed by atoms with Gasteiger partial charge in [0.25, 0.3) is 5.91 Å². The molecule has 1 aromatic carbocycles. The quantitative estimate of drug-likeness (QED) is 0.423. The number of nitrogens with two attached hydrogens (primary N) is 1. The zero-order valence-electron chi connectivity index (χ0n) is 22.2. The predicted octanol–water partition coefficient (Wildman–Crippen LogP) is 3.27. The van der Waals surface area contributed by atoms with Gasteiger partial charge in [-0.05, 0) is 55.7 Å². The van der Waals surface area contributed by atoms with Crippen LogP contribution in [0.5, 0.6) is 0 Å². The molecule has 0 radical (unpaired) electrons. The van der Waals surface area contributed by atoms with Gasteiger partial charge < -0.3 is 16.0 Å². The molecule has 4 amide bonds. The minimum atomic E-state index is -1.14. The molecule has 1 saturated heterocycles. The van der Waals surface area contributed by atoms with Gasteiger partial charge in [-0.2, -0.15) is 5.10 Å². The topological polar surface area (TPSA) is 126 Å². The van der Waals surface area contributed by atoms with E-state index in [1.54, 1.807) is 32.3 Å². The average molecular weight is 540 g/mol. The van der Waals surface area contributed by atoms with Crippen molar-refractivity contribution >= 4 is 29.4 Å². The molecule has 3 atom stereocenters. The monoisotopic (exact) mass is 539 g/mol. The summed E-state index contributed by atoms with van der Waals surface area (Å²) in [6.07, 6.45) is 4.13. The van der Waals surface area contributed by atoms with E-state index in [1.807, 2.05) is 6.92 Å². The van der Waals surface area contributed by atoms with Crippen LogP contribution in [0, 0.1) is 24.5 Å². The summed E-state index contributed by atoms with van der Waals surface area (Å²) in [5.74, 6) is -2.96. The van der Waals surface area contributed by atoms with E-state index in [0.717, 1.165) is 23.1 Å². The highest BCUT2D eigenvalue weighted by molar-refractivity contribution is 6.12. The van der Waals surface area contributed by atoms with Gasteiger partial charge in [0.1, 0.15) is 23.5 Å². The first-order valence-electron chi connectivity index (χ1n) is 12.6. The smallest absolute Gasteiger partial charge is 0.325 e. The number of aryl methyl sites for hydroxylation is 2. The SMILES string of the molecule is CCC[C@@H](NC(=O)N1C(=O)[C@H](Cc2cc(C)nc(N)c2)[C@H]1C(=O)N(C)c1cnn(C)c1)c1cc(F)ccc1F. The van der Waals surface area contributed by atoms with Gasteiger partial charge in [-0.25, -0.2) is 18.6 Å². The van der Waals surface area contributed by atoms with Gasteiger partial charge in [0.15, 0.2) is 0 Å². The minimum Gasteiger partial charge on any atom is -0.384 e. The summed E-state index contributed by atoms with van der Waals surface area (Å²) in [6.45, 7) is 3.60. The molecule has 0 spiro atoms. The van der Waals surface area contributed by atoms with Crippen LogP contribution < -0.4 is 16.0 Å². The van der Waals surface area contributed by atoms with E-state index in [4.69, 9.17) is 5.73 Å². The Hall–Kier alpha value is -4.35. The second-order valence-corrected chi connectivity index (χ2v) is 9.73. The van der Waals surface area contributed by atoms with Gasteiger partial charge >= 0.3 is 6.03 Å². The first kappa shape index (κ1) is 27.7. The lowest BCUT2D eigenvalue weighted by Gasteiger charge is -2.46. The normalized spacial score (nSPS) is 17.5. The fraction of sp³-hybridized carbons (Fsp3) is 0.370. The van der Waals surface area contributed by atoms with Crippen LogP contribution in [0.25, 0.3) is 0 Å². The Kier molecular flexibility index (Phi) is 7.93. The fourth-order valence-corrected chi connectivity index (χ4v) is 4.90. The Balaban J connectivity index is 1.64. The number of carbonyl (C=O) groups excluding carboxylic acids is 3. The van der Waals surface area contributed by atoms with E-state index >= 15 is 0 Å². The van der Waals surface area contributed by atoms with Crippen molar-refractivity contribution in [2.75, 3.05) is 17.7 Å². The Bertz CT molecular complexity index is 1390. The minimum absolute atomic E-state index is 0.0344. The molecule has 0 aliphatic carbocycles. The molecule has 4 rings (SSSR count). The van der Waals surface area contributed by atoms with Crippen LogP contribution >= 0.6 is 0 Å². The molecule has 1 aliphatic heterocycles. The first-order chi connectivity index (χ1) is 18.5. The highest BCUT2D eigenvalue weighted by atomic mass is 19.1. The molecule has 10 nitrogen and oxygen atoms in total. The van der Waals surface area contributed by atoms with Gasteiger partial charge in [-0.15, -0.1) is 0 Å². The summed E-state index contributed by atoms with van der Waals surface area (Å²) >= 11 is 0. The maximum absolute atomic E-state index is 14.6. The number of carbonyl (C=O) groups is 3. The summed E-state index contributed by atoms with van der Waals surface area (Å²) in [5.41, 5.74) is 7.68. The molecule has 206 valence electrons. The Morgan fingerprint density at radius 1 is 1.23 bits per heavy atom. The van der Waals surface area contributed by atoms with Gasteiger partial charge in [0, 0.05) is 31.5 Å². The van der Waals surface area contributed by atoms with Crippen molar-refractivity contribution in [3.8, 4) is 0 Å². The molecule has 12 heteroatoms. The van der Waals surface area contributed by atoms with Gasteiger partial charge in [-0.3, -0.25) is 19.2 Å². The van der Waals surface area contributed by atoms with Crippen LogP contribution in [-0.2, 0) is 23.1 Å². The zero-order chi connectivity index (χ0) is 28.4. The van der Waals surface area contributed by atoms with Crippen LogP contribution in [0.2, 0.25) is 0 Å². The third-order valence-electron chi connectivity index (χ3n) is 6.79. The maximum Gasteiger partial charge on any atom is 0.325 e. The molecule has 3 N–H and O–H groups in total. The van der Waals surface area contributed by atoms with E-state index in [1.165, 1.54) is 22.8 Å². The highest BCUT2D eigenvalue weighted by Crippen LogP contribution is 2.34. The number of nitrogen functional groups attached to an aromatic ring is 1. The zero-order valence-corrected chi connectivity index (χ0v) is 22.2. The van der Waals surface area contributed by atoms with Crippen LogP contribution in [-0.4, -0.2) is 50.6 Å². The van der Waals surface area contributed by atoms with Crippen molar-refractivity contribution in [1.29, 1.82) is 0 Å². The number of rotatable bonds is 8. The van der Waals surface area contributed by atoms with Crippen molar-refractivity contribution in [3.63, 3.8) is 0 Å². The van der Waals surface area contributed by atoms with Crippen LogP contribution in [0.3, 0.4) is 0 Å². The molecule has 3 aromatic rings. The summed E-state index contributed by atoms with van der Waals surface area (Å²) in [7, 11) is 3.23. The van der Waals surface area contributed by atoms with Crippen molar-refractivity contribution in [1.82, 2.24) is 25.0 Å². The lowest BCUT2D eigenvalue weighted by molar-refractivity contribution is -0.156. The van der Waals surface area contributed by atoms with Crippen molar-refractivity contribution in [3.05, 3.63) is 71.2 Å². The number of halogens is 2. The molecule has 0 unspecified atom stereocenters. The van der Waals surface area contributed by atoms with Crippen LogP contribution in [0.15, 0.2) is 42.7 Å². The standard InChI is InChI=1S/C27H31F2N7O3/c1-5-6-22(19-12-17(28)7-8-21(19)29)33-27(39)36-24(26(38)35(4)18-13-31-34(3)14-18)20(25(36)37)10-16-9-15(2)32-23(30)11-16/h7-9,11-14,20,22,24H,5-6,10H2,1-4H3,(H2,30,32)(H,33,39)/t20-,22-,24+/m1/s1. The third kappa shape index (κ3) is 5.74. The highest BCUT2D eigenvalue weighted by Gasteiger charge is 2.55. The number of aromatic nitrogens is 3. The Labute approximate surface area is 224 Å². The molecule has 1 fully saturated rings. The number of imide groups is 1. The number of hydrogen-bond donors (Lipinski definition) is 2. The number of likely N-dealkylation sites (N-methyl/N-ethyl adjacent to an activating group) is 1. The number of β-lactam (4-membered cyclic amide) rings is 1. The van der Waals surface area contributed by atoms with Gasteiger partial charge in [0.05, 0.1) is 23.8 Å². The van der Waals surface area contributed by atoms with Crippen molar-refractivity contribution in [2.24, 2.45) is 13.0 Å². The number of nitrogens with one attached hydrogen (secondary N) is 1. The molecule has 3 heterocycles. The Morgan fingerprint density at radius 3 is 2.62 bits per heavy atom. The number of benzene rings is 1. The molecular formula is C27H31F2N7O3. The molecular weight excluding hydrogens is 508 g/mol.